The molecule has 2 heteroatoms. The quantitative estimate of drug-likeness (QED) is 0.298. The number of oxime groups is 1. The van der Waals surface area contributed by atoms with Crippen LogP contribution in [0.15, 0.2) is 17.8 Å². The van der Waals surface area contributed by atoms with Gasteiger partial charge < -0.3 is 5.21 Å². The minimum Gasteiger partial charge on any atom is -0.411 e. The van der Waals surface area contributed by atoms with Gasteiger partial charge in [-0.2, -0.15) is 0 Å². The molecular formula is C10H17NO. The molecule has 0 atom stereocenters. The Morgan fingerprint density at radius 1 is 1.42 bits per heavy atom. The van der Waals surface area contributed by atoms with Crippen molar-refractivity contribution >= 4 is 5.71 Å². The number of hydrogen-bond donors (Lipinski definition) is 1. The molecule has 1 aliphatic carbocycles. The third-order valence-electron chi connectivity index (χ3n) is 2.56. The lowest BCUT2D eigenvalue weighted by Crippen LogP contribution is -2.17. The van der Waals surface area contributed by atoms with E-state index in [0.717, 1.165) is 12.1 Å². The minimum absolute atomic E-state index is 0.516. The first-order valence-corrected chi connectivity index (χ1v) is 4.70. The van der Waals surface area contributed by atoms with E-state index in [4.69, 9.17) is 5.21 Å². The molecule has 0 amide bonds. The van der Waals surface area contributed by atoms with Crippen LogP contribution >= 0.6 is 0 Å². The van der Waals surface area contributed by atoms with Crippen LogP contribution in [0.2, 0.25) is 0 Å². The molecule has 1 N–H and O–H groups in total. The summed E-state index contributed by atoms with van der Waals surface area (Å²) in [5.74, 6) is 0.516. The summed E-state index contributed by atoms with van der Waals surface area (Å²) in [4.78, 5) is 0. The fourth-order valence-electron chi connectivity index (χ4n) is 1.87. The van der Waals surface area contributed by atoms with E-state index in [-0.39, 0.29) is 0 Å². The van der Waals surface area contributed by atoms with E-state index in [2.05, 4.69) is 11.7 Å². The third kappa shape index (κ3) is 2.36. The van der Waals surface area contributed by atoms with E-state index in [1.165, 1.54) is 32.1 Å². The maximum absolute atomic E-state index is 8.75. The van der Waals surface area contributed by atoms with Gasteiger partial charge in [0.15, 0.2) is 0 Å². The van der Waals surface area contributed by atoms with Gasteiger partial charge in [0.25, 0.3) is 0 Å². The summed E-state index contributed by atoms with van der Waals surface area (Å²) in [5.41, 5.74) is 0.921. The summed E-state index contributed by atoms with van der Waals surface area (Å²) in [6.07, 6.45) is 8.82. The van der Waals surface area contributed by atoms with Crippen molar-refractivity contribution in [2.45, 2.75) is 38.5 Å². The lowest BCUT2D eigenvalue weighted by molar-refractivity contribution is 0.308. The van der Waals surface area contributed by atoms with E-state index < -0.39 is 0 Å². The lowest BCUT2D eigenvalue weighted by atomic mass is 9.85. The third-order valence-corrected chi connectivity index (χ3v) is 2.56. The molecular weight excluding hydrogens is 150 g/mol. The summed E-state index contributed by atoms with van der Waals surface area (Å²) >= 11 is 0. The highest BCUT2D eigenvalue weighted by molar-refractivity contribution is 5.87. The van der Waals surface area contributed by atoms with Crippen molar-refractivity contribution in [3.8, 4) is 0 Å². The molecule has 1 saturated carbocycles. The average Bonchev–Trinajstić information content (AvgIpc) is 2.15. The second-order valence-electron chi connectivity index (χ2n) is 3.42. The first-order valence-electron chi connectivity index (χ1n) is 4.70. The Balaban J connectivity index is 2.46. The van der Waals surface area contributed by atoms with Crippen molar-refractivity contribution in [1.82, 2.24) is 0 Å². The zero-order valence-corrected chi connectivity index (χ0v) is 7.50. The van der Waals surface area contributed by atoms with Crippen LogP contribution in [0.25, 0.3) is 0 Å². The topological polar surface area (TPSA) is 32.6 Å². The summed E-state index contributed by atoms with van der Waals surface area (Å²) < 4.78 is 0. The largest absolute Gasteiger partial charge is 0.411 e. The maximum atomic E-state index is 8.75. The molecule has 0 bridgehead atoms. The van der Waals surface area contributed by atoms with E-state index in [1.807, 2.05) is 6.08 Å². The summed E-state index contributed by atoms with van der Waals surface area (Å²) in [6.45, 7) is 3.65. The number of hydrogen-bond acceptors (Lipinski definition) is 2. The van der Waals surface area contributed by atoms with E-state index in [9.17, 15) is 0 Å². The Hall–Kier alpha value is -0.790. The van der Waals surface area contributed by atoms with Crippen molar-refractivity contribution < 1.29 is 5.21 Å². The molecule has 0 spiro atoms. The molecule has 0 aromatic carbocycles. The molecule has 68 valence electrons. The predicted octanol–water partition coefficient (Wildman–Crippen LogP) is 2.97. The summed E-state index contributed by atoms with van der Waals surface area (Å²) in [5, 5.41) is 12.1. The lowest BCUT2D eigenvalue weighted by Gasteiger charge is -2.21. The van der Waals surface area contributed by atoms with E-state index >= 15 is 0 Å². The van der Waals surface area contributed by atoms with Crippen molar-refractivity contribution in [2.75, 3.05) is 0 Å². The molecule has 0 aromatic rings. The van der Waals surface area contributed by atoms with Gasteiger partial charge in [-0.15, -0.1) is 6.58 Å². The molecule has 2 nitrogen and oxygen atoms in total. The molecule has 0 aliphatic heterocycles. The molecule has 0 unspecified atom stereocenters. The van der Waals surface area contributed by atoms with Crippen LogP contribution < -0.4 is 0 Å². The van der Waals surface area contributed by atoms with Crippen LogP contribution in [-0.2, 0) is 0 Å². The van der Waals surface area contributed by atoms with Crippen molar-refractivity contribution in [3.05, 3.63) is 12.7 Å². The molecule has 1 rings (SSSR count). The molecule has 0 aromatic heterocycles. The normalized spacial score (nSPS) is 20.8. The first-order chi connectivity index (χ1) is 5.88. The highest BCUT2D eigenvalue weighted by Crippen LogP contribution is 2.25. The molecule has 0 heterocycles. The standard InChI is InChI=1S/C10H17NO/c1-2-6-10(11-12)9-7-4-3-5-8-9/h2,9,12H,1,3-8H2/b11-10-. The van der Waals surface area contributed by atoms with Crippen LogP contribution in [0, 0.1) is 5.92 Å². The maximum Gasteiger partial charge on any atom is 0.0639 e. The number of nitrogens with zero attached hydrogens (tertiary/aromatic N) is 1. The molecule has 1 fully saturated rings. The van der Waals surface area contributed by atoms with Crippen LogP contribution in [0.4, 0.5) is 0 Å². The predicted molar refractivity (Wildman–Crippen MR) is 50.6 cm³/mol. The van der Waals surface area contributed by atoms with E-state index in [1.54, 1.807) is 0 Å². The molecule has 0 saturated heterocycles. The Bertz CT molecular complexity index is 169. The van der Waals surface area contributed by atoms with Crippen LogP contribution in [0.3, 0.4) is 0 Å². The van der Waals surface area contributed by atoms with Gasteiger partial charge in [0, 0.05) is 12.3 Å². The Morgan fingerprint density at radius 2 is 2.08 bits per heavy atom. The van der Waals surface area contributed by atoms with Gasteiger partial charge in [-0.05, 0) is 12.8 Å². The van der Waals surface area contributed by atoms with Gasteiger partial charge in [-0.3, -0.25) is 0 Å². The van der Waals surface area contributed by atoms with Crippen LogP contribution in [0.1, 0.15) is 38.5 Å². The SMILES string of the molecule is C=CC/C(=N/O)C1CCCCC1. The zero-order valence-electron chi connectivity index (χ0n) is 7.50. The molecule has 0 radical (unpaired) electrons. The second-order valence-corrected chi connectivity index (χ2v) is 3.42. The van der Waals surface area contributed by atoms with Gasteiger partial charge in [-0.1, -0.05) is 30.5 Å². The highest BCUT2D eigenvalue weighted by atomic mass is 16.4. The van der Waals surface area contributed by atoms with Gasteiger partial charge >= 0.3 is 0 Å². The van der Waals surface area contributed by atoms with E-state index in [0.29, 0.717) is 5.92 Å². The summed E-state index contributed by atoms with van der Waals surface area (Å²) in [6, 6.07) is 0. The fraction of sp³-hybridized carbons (Fsp3) is 0.700. The molecule has 1 aliphatic rings. The minimum atomic E-state index is 0.516. The fourth-order valence-corrected chi connectivity index (χ4v) is 1.87. The van der Waals surface area contributed by atoms with Gasteiger partial charge in [0.05, 0.1) is 5.71 Å². The van der Waals surface area contributed by atoms with Crippen molar-refractivity contribution in [1.29, 1.82) is 0 Å². The van der Waals surface area contributed by atoms with Gasteiger partial charge in [0.1, 0.15) is 0 Å². The van der Waals surface area contributed by atoms with Crippen LogP contribution in [-0.4, -0.2) is 10.9 Å². The molecule has 12 heavy (non-hydrogen) atoms. The second kappa shape index (κ2) is 4.96. The Morgan fingerprint density at radius 3 is 2.58 bits per heavy atom. The average molecular weight is 167 g/mol. The van der Waals surface area contributed by atoms with Crippen LogP contribution in [0.5, 0.6) is 0 Å². The van der Waals surface area contributed by atoms with Crippen molar-refractivity contribution in [3.63, 3.8) is 0 Å². The number of allylic oxidation sites excluding steroid dienone is 1. The van der Waals surface area contributed by atoms with Crippen molar-refractivity contribution in [2.24, 2.45) is 11.1 Å². The monoisotopic (exact) mass is 167 g/mol. The zero-order chi connectivity index (χ0) is 8.81. The van der Waals surface area contributed by atoms with Gasteiger partial charge in [-0.25, -0.2) is 0 Å². The van der Waals surface area contributed by atoms with Gasteiger partial charge in [0.2, 0.25) is 0 Å². The Labute approximate surface area is 74.0 Å². The first kappa shape index (κ1) is 9.30. The smallest absolute Gasteiger partial charge is 0.0639 e. The summed E-state index contributed by atoms with van der Waals surface area (Å²) in [7, 11) is 0. The number of rotatable bonds is 3. The Kier molecular flexibility index (Phi) is 3.85. The highest BCUT2D eigenvalue weighted by Gasteiger charge is 2.18.